The van der Waals surface area contributed by atoms with Crippen LogP contribution in [0.25, 0.3) is 0 Å². The van der Waals surface area contributed by atoms with Crippen molar-refractivity contribution in [3.63, 3.8) is 0 Å². The first kappa shape index (κ1) is 23.6. The van der Waals surface area contributed by atoms with E-state index < -0.39 is 0 Å². The standard InChI is InChI=1S/C28H32N2O4/c1-32-26-17-23(18-27(20-26)33-2)19-28(31)30-13-7-12-29(14-15-30)21-22-8-6-11-25(16-22)34-24-9-4-3-5-10-24/h3-6,8-11,16-18,20H,7,12-15,19,21H2,1-2H3. The van der Waals surface area contributed by atoms with Crippen LogP contribution in [0.4, 0.5) is 0 Å². The number of ether oxygens (including phenoxy) is 3. The average molecular weight is 461 g/mol. The Morgan fingerprint density at radius 1 is 0.735 bits per heavy atom. The van der Waals surface area contributed by atoms with Crippen molar-refractivity contribution in [3.8, 4) is 23.0 Å². The minimum Gasteiger partial charge on any atom is -0.497 e. The van der Waals surface area contributed by atoms with Gasteiger partial charge in [0.25, 0.3) is 0 Å². The topological polar surface area (TPSA) is 51.2 Å². The zero-order chi connectivity index (χ0) is 23.8. The molecule has 1 fully saturated rings. The van der Waals surface area contributed by atoms with E-state index in [0.717, 1.165) is 56.2 Å². The molecule has 0 atom stereocenters. The first-order valence-corrected chi connectivity index (χ1v) is 11.7. The number of nitrogens with zero attached hydrogens (tertiary/aromatic N) is 2. The second-order valence-corrected chi connectivity index (χ2v) is 8.47. The lowest BCUT2D eigenvalue weighted by atomic mass is 10.1. The summed E-state index contributed by atoms with van der Waals surface area (Å²) >= 11 is 0. The maximum atomic E-state index is 13.0. The summed E-state index contributed by atoms with van der Waals surface area (Å²) in [6.07, 6.45) is 1.29. The fourth-order valence-corrected chi connectivity index (χ4v) is 4.22. The summed E-state index contributed by atoms with van der Waals surface area (Å²) in [5, 5.41) is 0. The molecule has 1 aliphatic heterocycles. The molecule has 0 unspecified atom stereocenters. The number of hydrogen-bond donors (Lipinski definition) is 0. The Kier molecular flexibility index (Phi) is 8.04. The molecule has 0 aromatic heterocycles. The molecule has 3 aromatic rings. The van der Waals surface area contributed by atoms with Crippen molar-refractivity contribution in [1.29, 1.82) is 0 Å². The molecule has 34 heavy (non-hydrogen) atoms. The van der Waals surface area contributed by atoms with E-state index in [1.807, 2.05) is 65.6 Å². The fraction of sp³-hybridized carbons (Fsp3) is 0.321. The number of hydrogen-bond acceptors (Lipinski definition) is 5. The molecule has 1 saturated heterocycles. The van der Waals surface area contributed by atoms with E-state index in [4.69, 9.17) is 14.2 Å². The average Bonchev–Trinajstić information content (AvgIpc) is 3.10. The van der Waals surface area contributed by atoms with E-state index in [0.29, 0.717) is 17.9 Å². The second-order valence-electron chi connectivity index (χ2n) is 8.47. The third-order valence-corrected chi connectivity index (χ3v) is 5.99. The van der Waals surface area contributed by atoms with E-state index in [1.165, 1.54) is 5.56 Å². The zero-order valence-corrected chi connectivity index (χ0v) is 19.9. The predicted molar refractivity (Wildman–Crippen MR) is 133 cm³/mol. The maximum Gasteiger partial charge on any atom is 0.227 e. The number of carbonyl (C=O) groups is 1. The van der Waals surface area contributed by atoms with Gasteiger partial charge in [0.15, 0.2) is 0 Å². The van der Waals surface area contributed by atoms with Crippen LogP contribution in [0.3, 0.4) is 0 Å². The molecule has 178 valence electrons. The van der Waals surface area contributed by atoms with Crippen molar-refractivity contribution >= 4 is 5.91 Å². The highest BCUT2D eigenvalue weighted by molar-refractivity contribution is 5.79. The molecular weight excluding hydrogens is 428 g/mol. The van der Waals surface area contributed by atoms with Gasteiger partial charge >= 0.3 is 0 Å². The number of benzene rings is 3. The van der Waals surface area contributed by atoms with Crippen LogP contribution in [-0.4, -0.2) is 56.1 Å². The maximum absolute atomic E-state index is 13.0. The van der Waals surface area contributed by atoms with E-state index in [2.05, 4.69) is 17.0 Å². The molecule has 3 aromatic carbocycles. The Labute approximate surface area is 201 Å². The second kappa shape index (κ2) is 11.6. The number of amides is 1. The van der Waals surface area contributed by atoms with E-state index >= 15 is 0 Å². The van der Waals surface area contributed by atoms with Crippen LogP contribution in [0.2, 0.25) is 0 Å². The lowest BCUT2D eigenvalue weighted by molar-refractivity contribution is -0.130. The van der Waals surface area contributed by atoms with E-state index in [-0.39, 0.29) is 5.91 Å². The van der Waals surface area contributed by atoms with Crippen molar-refractivity contribution in [2.75, 3.05) is 40.4 Å². The Balaban J connectivity index is 1.33. The molecule has 1 heterocycles. The molecule has 0 aliphatic carbocycles. The van der Waals surface area contributed by atoms with Gasteiger partial charge in [-0.3, -0.25) is 9.69 Å². The third-order valence-electron chi connectivity index (χ3n) is 5.99. The largest absolute Gasteiger partial charge is 0.497 e. The van der Waals surface area contributed by atoms with E-state index in [1.54, 1.807) is 14.2 Å². The molecule has 1 amide bonds. The molecule has 4 rings (SSSR count). The number of rotatable bonds is 8. The molecule has 6 nitrogen and oxygen atoms in total. The molecule has 0 radical (unpaired) electrons. The number of carbonyl (C=O) groups excluding carboxylic acids is 1. The lowest BCUT2D eigenvalue weighted by Crippen LogP contribution is -2.36. The van der Waals surface area contributed by atoms with Gasteiger partial charge in [0, 0.05) is 38.8 Å². The van der Waals surface area contributed by atoms with Gasteiger partial charge in [0.2, 0.25) is 5.91 Å². The summed E-state index contributed by atoms with van der Waals surface area (Å²) in [6.45, 7) is 4.13. The summed E-state index contributed by atoms with van der Waals surface area (Å²) in [6, 6.07) is 23.7. The number of methoxy groups -OCH3 is 2. The van der Waals surface area contributed by atoms with Crippen molar-refractivity contribution in [1.82, 2.24) is 9.80 Å². The van der Waals surface area contributed by atoms with Crippen molar-refractivity contribution < 1.29 is 19.0 Å². The summed E-state index contributed by atoms with van der Waals surface area (Å²) in [5.41, 5.74) is 2.11. The highest BCUT2D eigenvalue weighted by Gasteiger charge is 2.20. The van der Waals surface area contributed by atoms with Crippen LogP contribution in [0.15, 0.2) is 72.8 Å². The quantitative estimate of drug-likeness (QED) is 0.485. The van der Waals surface area contributed by atoms with Gasteiger partial charge in [-0.2, -0.15) is 0 Å². The van der Waals surface area contributed by atoms with Crippen LogP contribution >= 0.6 is 0 Å². The van der Waals surface area contributed by atoms with Gasteiger partial charge in [-0.05, 0) is 53.9 Å². The highest BCUT2D eigenvalue weighted by atomic mass is 16.5. The Bertz CT molecular complexity index is 1060. The first-order chi connectivity index (χ1) is 16.6. The Morgan fingerprint density at radius 3 is 2.18 bits per heavy atom. The normalized spacial score (nSPS) is 14.4. The number of para-hydroxylation sites is 1. The minimum absolute atomic E-state index is 0.135. The van der Waals surface area contributed by atoms with Crippen molar-refractivity contribution in [2.24, 2.45) is 0 Å². The monoisotopic (exact) mass is 460 g/mol. The molecule has 6 heteroatoms. The summed E-state index contributed by atoms with van der Waals surface area (Å²) in [5.74, 6) is 3.20. The summed E-state index contributed by atoms with van der Waals surface area (Å²) < 4.78 is 16.7. The van der Waals surface area contributed by atoms with Gasteiger partial charge < -0.3 is 19.1 Å². The smallest absolute Gasteiger partial charge is 0.227 e. The van der Waals surface area contributed by atoms with Gasteiger partial charge in [-0.1, -0.05) is 30.3 Å². The summed E-state index contributed by atoms with van der Waals surface area (Å²) in [4.78, 5) is 17.4. The van der Waals surface area contributed by atoms with Crippen LogP contribution in [0.1, 0.15) is 17.5 Å². The molecule has 0 spiro atoms. The van der Waals surface area contributed by atoms with Gasteiger partial charge in [-0.25, -0.2) is 0 Å². The van der Waals surface area contributed by atoms with Gasteiger partial charge in [-0.15, -0.1) is 0 Å². The highest BCUT2D eigenvalue weighted by Crippen LogP contribution is 2.24. The minimum atomic E-state index is 0.135. The van der Waals surface area contributed by atoms with Crippen molar-refractivity contribution in [3.05, 3.63) is 83.9 Å². The SMILES string of the molecule is COc1cc(CC(=O)N2CCCN(Cc3cccc(Oc4ccccc4)c3)CC2)cc(OC)c1. The zero-order valence-electron chi connectivity index (χ0n) is 19.9. The summed E-state index contributed by atoms with van der Waals surface area (Å²) in [7, 11) is 3.24. The fourth-order valence-electron chi connectivity index (χ4n) is 4.22. The van der Waals surface area contributed by atoms with Crippen molar-refractivity contribution in [2.45, 2.75) is 19.4 Å². The molecule has 0 N–H and O–H groups in total. The lowest BCUT2D eigenvalue weighted by Gasteiger charge is -2.22. The predicted octanol–water partition coefficient (Wildman–Crippen LogP) is 4.77. The Morgan fingerprint density at radius 2 is 1.44 bits per heavy atom. The first-order valence-electron chi connectivity index (χ1n) is 11.7. The molecular formula is C28H32N2O4. The van der Waals surface area contributed by atoms with Crippen LogP contribution in [-0.2, 0) is 17.8 Å². The van der Waals surface area contributed by atoms with Crippen LogP contribution < -0.4 is 14.2 Å². The van der Waals surface area contributed by atoms with E-state index in [9.17, 15) is 4.79 Å². The Hall–Kier alpha value is -3.51. The molecule has 0 bridgehead atoms. The van der Waals surface area contributed by atoms with Gasteiger partial charge in [0.1, 0.15) is 23.0 Å². The molecule has 0 saturated carbocycles. The third kappa shape index (κ3) is 6.51. The van der Waals surface area contributed by atoms with Gasteiger partial charge in [0.05, 0.1) is 20.6 Å². The molecule has 1 aliphatic rings. The van der Waals surface area contributed by atoms with Crippen LogP contribution in [0.5, 0.6) is 23.0 Å². The van der Waals surface area contributed by atoms with Crippen LogP contribution in [0, 0.1) is 0 Å².